The Hall–Kier alpha value is -1.26. The molecule has 2 amide bonds. The maximum atomic E-state index is 12.6. The zero-order valence-electron chi connectivity index (χ0n) is 13.3. The molecule has 21 heavy (non-hydrogen) atoms. The first-order valence-corrected chi connectivity index (χ1v) is 8.31. The Bertz CT molecular complexity index is 378. The minimum atomic E-state index is -0.865. The lowest BCUT2D eigenvalue weighted by atomic mass is 9.91. The monoisotopic (exact) mass is 296 g/mol. The summed E-state index contributed by atoms with van der Waals surface area (Å²) in [5, 5.41) is 9.37. The lowest BCUT2D eigenvalue weighted by Gasteiger charge is -2.41. The van der Waals surface area contributed by atoms with E-state index in [9.17, 15) is 14.7 Å². The quantitative estimate of drug-likeness (QED) is 0.871. The molecule has 2 unspecified atom stereocenters. The minimum Gasteiger partial charge on any atom is -0.480 e. The van der Waals surface area contributed by atoms with Crippen LogP contribution in [0.2, 0.25) is 0 Å². The van der Waals surface area contributed by atoms with Crippen LogP contribution in [0.4, 0.5) is 4.79 Å². The molecule has 5 heteroatoms. The Morgan fingerprint density at radius 1 is 1.14 bits per heavy atom. The average molecular weight is 296 g/mol. The van der Waals surface area contributed by atoms with Crippen molar-refractivity contribution < 1.29 is 14.7 Å². The molecule has 0 saturated carbocycles. The lowest BCUT2D eigenvalue weighted by molar-refractivity contribution is -0.144. The molecule has 0 spiro atoms. The second-order valence-electron chi connectivity index (χ2n) is 6.68. The van der Waals surface area contributed by atoms with E-state index in [2.05, 4.69) is 13.8 Å². The van der Waals surface area contributed by atoms with Gasteiger partial charge < -0.3 is 14.9 Å². The van der Waals surface area contributed by atoms with Crippen molar-refractivity contribution in [1.82, 2.24) is 9.80 Å². The van der Waals surface area contributed by atoms with Gasteiger partial charge in [-0.15, -0.1) is 0 Å². The van der Waals surface area contributed by atoms with E-state index >= 15 is 0 Å². The van der Waals surface area contributed by atoms with Crippen molar-refractivity contribution in [1.29, 1.82) is 0 Å². The summed E-state index contributed by atoms with van der Waals surface area (Å²) in [6.07, 6.45) is 6.03. The molecule has 2 heterocycles. The molecule has 0 aromatic carbocycles. The highest BCUT2D eigenvalue weighted by atomic mass is 16.4. The SMILES string of the molecule is CCCC1CCN(C(=O)N2CCC(C)CC2C(=O)O)CC1. The number of piperidine rings is 2. The Morgan fingerprint density at radius 2 is 1.81 bits per heavy atom. The number of carbonyl (C=O) groups excluding carboxylic acids is 1. The molecule has 2 saturated heterocycles. The number of likely N-dealkylation sites (tertiary alicyclic amines) is 2. The van der Waals surface area contributed by atoms with Gasteiger partial charge in [0.1, 0.15) is 6.04 Å². The van der Waals surface area contributed by atoms with Gasteiger partial charge in [-0.1, -0.05) is 26.7 Å². The van der Waals surface area contributed by atoms with Crippen molar-refractivity contribution in [3.8, 4) is 0 Å². The van der Waals surface area contributed by atoms with Crippen LogP contribution in [0.1, 0.15) is 52.4 Å². The van der Waals surface area contributed by atoms with Crippen LogP contribution in [0.5, 0.6) is 0 Å². The van der Waals surface area contributed by atoms with Crippen LogP contribution in [-0.2, 0) is 4.79 Å². The van der Waals surface area contributed by atoms with E-state index in [1.807, 2.05) is 4.90 Å². The van der Waals surface area contributed by atoms with Crippen LogP contribution in [-0.4, -0.2) is 52.6 Å². The molecule has 120 valence electrons. The van der Waals surface area contributed by atoms with Gasteiger partial charge in [0.2, 0.25) is 0 Å². The van der Waals surface area contributed by atoms with E-state index in [4.69, 9.17) is 0 Å². The summed E-state index contributed by atoms with van der Waals surface area (Å²) in [5.41, 5.74) is 0. The largest absolute Gasteiger partial charge is 0.480 e. The van der Waals surface area contributed by atoms with Crippen molar-refractivity contribution in [2.24, 2.45) is 11.8 Å². The van der Waals surface area contributed by atoms with Crippen LogP contribution in [0, 0.1) is 11.8 Å². The Kier molecular flexibility index (Phi) is 5.48. The second kappa shape index (κ2) is 7.14. The molecule has 0 aromatic rings. The third-order valence-electron chi connectivity index (χ3n) is 4.98. The lowest BCUT2D eigenvalue weighted by Crippen LogP contribution is -2.55. The molecule has 0 radical (unpaired) electrons. The smallest absolute Gasteiger partial charge is 0.326 e. The van der Waals surface area contributed by atoms with Gasteiger partial charge in [-0.05, 0) is 37.5 Å². The number of hydrogen-bond donors (Lipinski definition) is 1. The summed E-state index contributed by atoms with van der Waals surface area (Å²) < 4.78 is 0. The Labute approximate surface area is 127 Å². The molecule has 2 aliphatic heterocycles. The van der Waals surface area contributed by atoms with Crippen LogP contribution in [0.25, 0.3) is 0 Å². The van der Waals surface area contributed by atoms with Gasteiger partial charge in [0.25, 0.3) is 0 Å². The summed E-state index contributed by atoms with van der Waals surface area (Å²) in [5.74, 6) is 0.247. The molecular formula is C16H28N2O3. The van der Waals surface area contributed by atoms with E-state index in [1.54, 1.807) is 4.90 Å². The first-order valence-electron chi connectivity index (χ1n) is 8.31. The second-order valence-corrected chi connectivity index (χ2v) is 6.68. The number of urea groups is 1. The van der Waals surface area contributed by atoms with Crippen molar-refractivity contribution in [2.45, 2.75) is 58.4 Å². The number of carboxylic acids is 1. The summed E-state index contributed by atoms with van der Waals surface area (Å²) in [7, 11) is 0. The normalized spacial score (nSPS) is 27.7. The number of nitrogens with zero attached hydrogens (tertiary/aromatic N) is 2. The van der Waals surface area contributed by atoms with Crippen molar-refractivity contribution >= 4 is 12.0 Å². The van der Waals surface area contributed by atoms with E-state index in [0.717, 1.165) is 38.3 Å². The molecule has 2 fully saturated rings. The van der Waals surface area contributed by atoms with Crippen molar-refractivity contribution in [2.75, 3.05) is 19.6 Å². The van der Waals surface area contributed by atoms with E-state index in [0.29, 0.717) is 18.9 Å². The number of amides is 2. The van der Waals surface area contributed by atoms with Crippen molar-refractivity contribution in [3.63, 3.8) is 0 Å². The van der Waals surface area contributed by atoms with E-state index < -0.39 is 12.0 Å². The van der Waals surface area contributed by atoms with Crippen LogP contribution >= 0.6 is 0 Å². The maximum Gasteiger partial charge on any atom is 0.326 e. The molecule has 2 atom stereocenters. The van der Waals surface area contributed by atoms with Gasteiger partial charge in [0.05, 0.1) is 0 Å². The highest BCUT2D eigenvalue weighted by Crippen LogP contribution is 2.27. The number of aliphatic carboxylic acids is 1. The van der Waals surface area contributed by atoms with Gasteiger partial charge in [-0.2, -0.15) is 0 Å². The van der Waals surface area contributed by atoms with Gasteiger partial charge in [-0.3, -0.25) is 0 Å². The average Bonchev–Trinajstić information content (AvgIpc) is 2.47. The Balaban J connectivity index is 1.94. The summed E-state index contributed by atoms with van der Waals surface area (Å²) in [4.78, 5) is 27.5. The van der Waals surface area contributed by atoms with Crippen LogP contribution < -0.4 is 0 Å². The van der Waals surface area contributed by atoms with Gasteiger partial charge in [-0.25, -0.2) is 9.59 Å². The predicted molar refractivity (Wildman–Crippen MR) is 81.1 cm³/mol. The fourth-order valence-electron chi connectivity index (χ4n) is 3.61. The van der Waals surface area contributed by atoms with Gasteiger partial charge in [0, 0.05) is 19.6 Å². The Morgan fingerprint density at radius 3 is 2.38 bits per heavy atom. The maximum absolute atomic E-state index is 12.6. The number of hydrogen-bond acceptors (Lipinski definition) is 2. The third-order valence-corrected chi connectivity index (χ3v) is 4.98. The molecule has 0 aliphatic carbocycles. The van der Waals surface area contributed by atoms with E-state index in [1.165, 1.54) is 12.8 Å². The molecule has 1 N–H and O–H groups in total. The molecule has 0 aromatic heterocycles. The summed E-state index contributed by atoms with van der Waals surface area (Å²) in [6.45, 7) is 6.40. The summed E-state index contributed by atoms with van der Waals surface area (Å²) in [6, 6.07) is -0.709. The zero-order valence-corrected chi connectivity index (χ0v) is 13.3. The first-order chi connectivity index (χ1) is 10.0. The number of carbonyl (C=O) groups is 2. The highest BCUT2D eigenvalue weighted by molar-refractivity contribution is 5.83. The summed E-state index contributed by atoms with van der Waals surface area (Å²) >= 11 is 0. The molecule has 2 rings (SSSR count). The van der Waals surface area contributed by atoms with E-state index in [-0.39, 0.29) is 6.03 Å². The zero-order chi connectivity index (χ0) is 15.4. The predicted octanol–water partition coefficient (Wildman–Crippen LogP) is 2.80. The van der Waals surface area contributed by atoms with Crippen LogP contribution in [0.3, 0.4) is 0 Å². The highest BCUT2D eigenvalue weighted by Gasteiger charge is 2.37. The standard InChI is InChI=1S/C16H28N2O3/c1-3-4-13-6-8-17(9-7-13)16(21)18-10-5-12(2)11-14(18)15(19)20/h12-14H,3-11H2,1-2H3,(H,19,20). The third kappa shape index (κ3) is 3.89. The minimum absolute atomic E-state index is 0.0655. The first kappa shape index (κ1) is 16.1. The number of carboxylic acid groups (broad SMARTS) is 1. The van der Waals surface area contributed by atoms with Gasteiger partial charge >= 0.3 is 12.0 Å². The molecule has 0 bridgehead atoms. The topological polar surface area (TPSA) is 60.9 Å². The van der Waals surface area contributed by atoms with Crippen LogP contribution in [0.15, 0.2) is 0 Å². The van der Waals surface area contributed by atoms with Gasteiger partial charge in [0.15, 0.2) is 0 Å². The number of rotatable bonds is 3. The molecular weight excluding hydrogens is 268 g/mol. The fraction of sp³-hybridized carbons (Fsp3) is 0.875. The molecule has 2 aliphatic rings. The van der Waals surface area contributed by atoms with Crippen molar-refractivity contribution in [3.05, 3.63) is 0 Å². The molecule has 5 nitrogen and oxygen atoms in total. The fourth-order valence-corrected chi connectivity index (χ4v) is 3.61.